The van der Waals surface area contributed by atoms with Crippen LogP contribution in [0.5, 0.6) is 0 Å². The molecule has 0 aliphatic carbocycles. The highest BCUT2D eigenvalue weighted by Gasteiger charge is 2.15. The maximum Gasteiger partial charge on any atom is 0.234 e. The molecule has 0 saturated heterocycles. The number of amides is 1. The van der Waals surface area contributed by atoms with Crippen LogP contribution in [0.3, 0.4) is 0 Å². The summed E-state index contributed by atoms with van der Waals surface area (Å²) in [6.45, 7) is 5.88. The number of hydrogen-bond donors (Lipinski definition) is 3. The standard InChI is InChI=1S/C14H23N3O2/c1-3-16-14(19)10-17(4-2)9-13(18)11-6-5-7-12(15)8-11/h5-8,13,18H,3-4,9-10,15H2,1-2H3,(H,16,19). The van der Waals surface area contributed by atoms with Crippen LogP contribution in [0.15, 0.2) is 24.3 Å². The van der Waals surface area contributed by atoms with Gasteiger partial charge in [-0.1, -0.05) is 19.1 Å². The van der Waals surface area contributed by atoms with Gasteiger partial charge in [-0.15, -0.1) is 0 Å². The molecule has 0 aromatic heterocycles. The van der Waals surface area contributed by atoms with E-state index in [1.807, 2.05) is 30.9 Å². The van der Waals surface area contributed by atoms with Crippen molar-refractivity contribution in [1.82, 2.24) is 10.2 Å². The van der Waals surface area contributed by atoms with Gasteiger partial charge in [0.25, 0.3) is 0 Å². The summed E-state index contributed by atoms with van der Waals surface area (Å²) < 4.78 is 0. The van der Waals surface area contributed by atoms with Crippen molar-refractivity contribution in [2.45, 2.75) is 20.0 Å². The molecule has 106 valence electrons. The molecule has 4 N–H and O–H groups in total. The number of nitrogens with one attached hydrogen (secondary N) is 1. The highest BCUT2D eigenvalue weighted by molar-refractivity contribution is 5.77. The number of nitrogens with zero attached hydrogens (tertiary/aromatic N) is 1. The van der Waals surface area contributed by atoms with Crippen LogP contribution in [-0.2, 0) is 4.79 Å². The quantitative estimate of drug-likeness (QED) is 0.636. The number of benzene rings is 1. The monoisotopic (exact) mass is 265 g/mol. The largest absolute Gasteiger partial charge is 0.399 e. The minimum atomic E-state index is -0.641. The predicted octanol–water partition coefficient (Wildman–Crippen LogP) is 0.760. The number of rotatable bonds is 7. The van der Waals surface area contributed by atoms with E-state index in [9.17, 15) is 9.90 Å². The van der Waals surface area contributed by atoms with E-state index in [0.717, 1.165) is 5.56 Å². The highest BCUT2D eigenvalue weighted by atomic mass is 16.3. The lowest BCUT2D eigenvalue weighted by Crippen LogP contribution is -2.39. The number of nitrogens with two attached hydrogens (primary N) is 1. The number of hydrogen-bond acceptors (Lipinski definition) is 4. The Labute approximate surface area is 114 Å². The van der Waals surface area contributed by atoms with Gasteiger partial charge in [-0.3, -0.25) is 9.69 Å². The lowest BCUT2D eigenvalue weighted by molar-refractivity contribution is -0.122. The van der Waals surface area contributed by atoms with E-state index in [1.54, 1.807) is 12.1 Å². The molecule has 0 spiro atoms. The van der Waals surface area contributed by atoms with Gasteiger partial charge in [0, 0.05) is 18.8 Å². The molecule has 1 rings (SSSR count). The van der Waals surface area contributed by atoms with Gasteiger partial charge in [-0.05, 0) is 31.2 Å². The van der Waals surface area contributed by atoms with Gasteiger partial charge < -0.3 is 16.2 Å². The molecule has 1 aromatic carbocycles. The fraction of sp³-hybridized carbons (Fsp3) is 0.500. The Balaban J connectivity index is 2.57. The summed E-state index contributed by atoms with van der Waals surface area (Å²) in [6, 6.07) is 7.18. The van der Waals surface area contributed by atoms with Gasteiger partial charge in [0.1, 0.15) is 0 Å². The van der Waals surface area contributed by atoms with Gasteiger partial charge in [0.15, 0.2) is 0 Å². The first-order valence-electron chi connectivity index (χ1n) is 6.59. The SMILES string of the molecule is CCNC(=O)CN(CC)CC(O)c1cccc(N)c1. The summed E-state index contributed by atoms with van der Waals surface area (Å²) in [4.78, 5) is 13.4. The topological polar surface area (TPSA) is 78.6 Å². The molecule has 0 saturated carbocycles. The Morgan fingerprint density at radius 2 is 2.21 bits per heavy atom. The van der Waals surface area contributed by atoms with Crippen molar-refractivity contribution in [2.75, 3.05) is 31.9 Å². The van der Waals surface area contributed by atoms with Crippen molar-refractivity contribution < 1.29 is 9.90 Å². The first-order valence-corrected chi connectivity index (χ1v) is 6.59. The second-order valence-corrected chi connectivity index (χ2v) is 4.47. The molecule has 1 amide bonds. The van der Waals surface area contributed by atoms with Crippen molar-refractivity contribution in [3.05, 3.63) is 29.8 Å². The minimum Gasteiger partial charge on any atom is -0.399 e. The Kier molecular flexibility index (Phi) is 6.32. The molecule has 1 aromatic rings. The van der Waals surface area contributed by atoms with Crippen LogP contribution in [0.2, 0.25) is 0 Å². The summed E-state index contributed by atoms with van der Waals surface area (Å²) in [5.74, 6) is -0.0240. The number of carbonyl (C=O) groups is 1. The second-order valence-electron chi connectivity index (χ2n) is 4.47. The van der Waals surface area contributed by atoms with Gasteiger partial charge in [-0.2, -0.15) is 0 Å². The van der Waals surface area contributed by atoms with Crippen LogP contribution >= 0.6 is 0 Å². The third kappa shape index (κ3) is 5.28. The van der Waals surface area contributed by atoms with E-state index in [-0.39, 0.29) is 5.91 Å². The summed E-state index contributed by atoms with van der Waals surface area (Å²) >= 11 is 0. The van der Waals surface area contributed by atoms with E-state index in [1.165, 1.54) is 0 Å². The summed E-state index contributed by atoms with van der Waals surface area (Å²) in [5, 5.41) is 12.9. The number of aliphatic hydroxyl groups excluding tert-OH is 1. The zero-order chi connectivity index (χ0) is 14.3. The summed E-state index contributed by atoms with van der Waals surface area (Å²) in [5.41, 5.74) is 7.09. The molecule has 0 aliphatic rings. The third-order valence-corrected chi connectivity index (χ3v) is 2.91. The molecular formula is C14H23N3O2. The molecule has 5 nitrogen and oxygen atoms in total. The lowest BCUT2D eigenvalue weighted by atomic mass is 10.1. The molecule has 0 radical (unpaired) electrons. The first kappa shape index (κ1) is 15.5. The predicted molar refractivity (Wildman–Crippen MR) is 76.6 cm³/mol. The van der Waals surface area contributed by atoms with E-state index < -0.39 is 6.10 Å². The van der Waals surface area contributed by atoms with Gasteiger partial charge in [0.05, 0.1) is 12.6 Å². The molecule has 1 unspecified atom stereocenters. The molecule has 0 heterocycles. The van der Waals surface area contributed by atoms with E-state index in [0.29, 0.717) is 31.9 Å². The number of likely N-dealkylation sites (N-methyl/N-ethyl adjacent to an activating group) is 2. The van der Waals surface area contributed by atoms with Gasteiger partial charge in [-0.25, -0.2) is 0 Å². The molecule has 0 aliphatic heterocycles. The molecule has 1 atom stereocenters. The second kappa shape index (κ2) is 7.76. The van der Waals surface area contributed by atoms with Gasteiger partial charge in [0.2, 0.25) is 5.91 Å². The van der Waals surface area contributed by atoms with E-state index in [2.05, 4.69) is 5.32 Å². The lowest BCUT2D eigenvalue weighted by Gasteiger charge is -2.23. The Bertz CT molecular complexity index is 409. The van der Waals surface area contributed by atoms with E-state index >= 15 is 0 Å². The zero-order valence-electron chi connectivity index (χ0n) is 11.6. The zero-order valence-corrected chi connectivity index (χ0v) is 11.6. The highest BCUT2D eigenvalue weighted by Crippen LogP contribution is 2.16. The number of aliphatic hydroxyl groups is 1. The van der Waals surface area contributed by atoms with Crippen molar-refractivity contribution in [1.29, 1.82) is 0 Å². The summed E-state index contributed by atoms with van der Waals surface area (Å²) in [6.07, 6.45) is -0.641. The van der Waals surface area contributed by atoms with Crippen LogP contribution in [0.4, 0.5) is 5.69 Å². The van der Waals surface area contributed by atoms with E-state index in [4.69, 9.17) is 5.73 Å². The van der Waals surface area contributed by atoms with Crippen LogP contribution in [-0.4, -0.2) is 42.1 Å². The fourth-order valence-corrected chi connectivity index (χ4v) is 1.88. The maximum absolute atomic E-state index is 11.5. The molecule has 0 bridgehead atoms. The van der Waals surface area contributed by atoms with Crippen LogP contribution < -0.4 is 11.1 Å². The van der Waals surface area contributed by atoms with Crippen LogP contribution in [0.1, 0.15) is 25.5 Å². The van der Waals surface area contributed by atoms with Crippen molar-refractivity contribution in [3.63, 3.8) is 0 Å². The van der Waals surface area contributed by atoms with Crippen LogP contribution in [0, 0.1) is 0 Å². The van der Waals surface area contributed by atoms with Crippen molar-refractivity contribution in [2.24, 2.45) is 0 Å². The van der Waals surface area contributed by atoms with Gasteiger partial charge >= 0.3 is 0 Å². The van der Waals surface area contributed by atoms with Crippen molar-refractivity contribution >= 4 is 11.6 Å². The van der Waals surface area contributed by atoms with Crippen LogP contribution in [0.25, 0.3) is 0 Å². The Hall–Kier alpha value is -1.59. The number of anilines is 1. The Morgan fingerprint density at radius 3 is 2.79 bits per heavy atom. The average molecular weight is 265 g/mol. The molecular weight excluding hydrogens is 242 g/mol. The molecule has 19 heavy (non-hydrogen) atoms. The fourth-order valence-electron chi connectivity index (χ4n) is 1.88. The smallest absolute Gasteiger partial charge is 0.234 e. The number of nitrogen functional groups attached to an aromatic ring is 1. The first-order chi connectivity index (χ1) is 9.06. The van der Waals surface area contributed by atoms with Crippen molar-refractivity contribution in [3.8, 4) is 0 Å². The summed E-state index contributed by atoms with van der Waals surface area (Å²) in [7, 11) is 0. The maximum atomic E-state index is 11.5. The number of carbonyl (C=O) groups excluding carboxylic acids is 1. The normalized spacial score (nSPS) is 12.4. The molecule has 5 heteroatoms. The minimum absolute atomic E-state index is 0.0240. The third-order valence-electron chi connectivity index (χ3n) is 2.91. The molecule has 0 fully saturated rings. The average Bonchev–Trinajstić information content (AvgIpc) is 2.38. The Morgan fingerprint density at radius 1 is 1.47 bits per heavy atom.